The zero-order valence-electron chi connectivity index (χ0n) is 14.2. The predicted octanol–water partition coefficient (Wildman–Crippen LogP) is 1.69. The van der Waals surface area contributed by atoms with E-state index in [0.717, 1.165) is 58.4 Å². The highest BCUT2D eigenvalue weighted by Gasteiger charge is 2.52. The van der Waals surface area contributed by atoms with Gasteiger partial charge in [0.1, 0.15) is 0 Å². The van der Waals surface area contributed by atoms with E-state index >= 15 is 0 Å². The highest BCUT2D eigenvalue weighted by molar-refractivity contribution is 7.88. The molecule has 3 fully saturated rings. The van der Waals surface area contributed by atoms with Crippen molar-refractivity contribution in [2.24, 2.45) is 5.41 Å². The quantitative estimate of drug-likeness (QED) is 0.773. The Balaban J connectivity index is 1.65. The van der Waals surface area contributed by atoms with Crippen LogP contribution in [0, 0.1) is 5.41 Å². The number of rotatable bonds is 2. The minimum Gasteiger partial charge on any atom is -0.381 e. The molecule has 0 saturated carbocycles. The van der Waals surface area contributed by atoms with Gasteiger partial charge in [-0.15, -0.1) is 0 Å². The van der Waals surface area contributed by atoms with E-state index in [1.165, 1.54) is 6.26 Å². The average Bonchev–Trinajstić information content (AvgIpc) is 2.72. The summed E-state index contributed by atoms with van der Waals surface area (Å²) in [6.07, 6.45) is 6.89. The summed E-state index contributed by atoms with van der Waals surface area (Å²) in [6, 6.07) is 0.673. The molecule has 0 aliphatic carbocycles. The number of hydrogen-bond acceptors (Lipinski definition) is 4. The summed E-state index contributed by atoms with van der Waals surface area (Å²) in [5, 5.41) is 0. The first-order valence-corrected chi connectivity index (χ1v) is 10.4. The molecule has 0 atom stereocenters. The molecule has 3 rings (SSSR count). The Morgan fingerprint density at radius 2 is 1.68 bits per heavy atom. The second-order valence-electron chi connectivity index (χ2n) is 8.14. The summed E-state index contributed by atoms with van der Waals surface area (Å²) < 4.78 is 31.4. The number of piperidine rings is 1. The van der Waals surface area contributed by atoms with Gasteiger partial charge in [-0.1, -0.05) is 0 Å². The van der Waals surface area contributed by atoms with Crippen molar-refractivity contribution in [1.82, 2.24) is 9.21 Å². The molecule has 6 heteroatoms. The van der Waals surface area contributed by atoms with Gasteiger partial charge >= 0.3 is 0 Å². The Kier molecular flexibility index (Phi) is 4.34. The normalized spacial score (nSPS) is 30.9. The number of nitrogens with zero attached hydrogens (tertiary/aromatic N) is 2. The van der Waals surface area contributed by atoms with Gasteiger partial charge in [0, 0.05) is 31.3 Å². The average molecular weight is 330 g/mol. The fourth-order valence-electron chi connectivity index (χ4n) is 4.90. The zero-order chi connectivity index (χ0) is 16.0. The lowest BCUT2D eigenvalue weighted by Crippen LogP contribution is -2.48. The monoisotopic (exact) mass is 330 g/mol. The standard InChI is InChI=1S/C16H30N2O3S/c1-15(2)12-16(13-18(15)22(3,19)20)6-8-17(9-7-16)14-4-10-21-11-5-14/h14H,4-13H2,1-3H3. The van der Waals surface area contributed by atoms with Crippen molar-refractivity contribution >= 4 is 10.0 Å². The van der Waals surface area contributed by atoms with E-state index < -0.39 is 10.0 Å². The summed E-state index contributed by atoms with van der Waals surface area (Å²) in [5.41, 5.74) is -0.0529. The number of likely N-dealkylation sites (tertiary alicyclic amines) is 1. The van der Waals surface area contributed by atoms with Crippen LogP contribution in [0.15, 0.2) is 0 Å². The van der Waals surface area contributed by atoms with Gasteiger partial charge in [-0.25, -0.2) is 8.42 Å². The molecule has 0 aromatic heterocycles. The van der Waals surface area contributed by atoms with Crippen molar-refractivity contribution in [3.8, 4) is 0 Å². The second kappa shape index (κ2) is 5.72. The molecule has 3 aliphatic rings. The first kappa shape index (κ1) is 16.7. The van der Waals surface area contributed by atoms with E-state index in [2.05, 4.69) is 18.7 Å². The lowest BCUT2D eigenvalue weighted by atomic mass is 9.74. The van der Waals surface area contributed by atoms with Crippen molar-refractivity contribution in [1.29, 1.82) is 0 Å². The van der Waals surface area contributed by atoms with Gasteiger partial charge in [-0.3, -0.25) is 0 Å². The Morgan fingerprint density at radius 1 is 1.09 bits per heavy atom. The van der Waals surface area contributed by atoms with Gasteiger partial charge in [0.25, 0.3) is 0 Å². The number of hydrogen-bond donors (Lipinski definition) is 0. The molecule has 3 heterocycles. The molecule has 1 spiro atoms. The summed E-state index contributed by atoms with van der Waals surface area (Å²) in [5.74, 6) is 0. The Labute approximate surface area is 135 Å². The molecular weight excluding hydrogens is 300 g/mol. The molecule has 3 aliphatic heterocycles. The van der Waals surface area contributed by atoms with Gasteiger partial charge in [0.2, 0.25) is 10.0 Å². The molecule has 0 aromatic carbocycles. The van der Waals surface area contributed by atoms with E-state index in [-0.39, 0.29) is 11.0 Å². The summed E-state index contributed by atoms with van der Waals surface area (Å²) >= 11 is 0. The fourth-order valence-corrected chi connectivity index (χ4v) is 6.37. The van der Waals surface area contributed by atoms with E-state index in [9.17, 15) is 8.42 Å². The molecule has 0 bridgehead atoms. The molecule has 0 aromatic rings. The van der Waals surface area contributed by atoms with Gasteiger partial charge < -0.3 is 9.64 Å². The molecule has 3 saturated heterocycles. The van der Waals surface area contributed by atoms with E-state index in [0.29, 0.717) is 12.6 Å². The summed E-state index contributed by atoms with van der Waals surface area (Å²) in [7, 11) is -3.12. The molecule has 22 heavy (non-hydrogen) atoms. The molecule has 0 N–H and O–H groups in total. The zero-order valence-corrected chi connectivity index (χ0v) is 15.0. The minimum absolute atomic E-state index is 0.189. The molecular formula is C16H30N2O3S. The van der Waals surface area contributed by atoms with Gasteiger partial charge in [-0.2, -0.15) is 4.31 Å². The highest BCUT2D eigenvalue weighted by Crippen LogP contribution is 2.49. The molecule has 0 radical (unpaired) electrons. The fraction of sp³-hybridized carbons (Fsp3) is 1.00. The third kappa shape index (κ3) is 3.21. The van der Waals surface area contributed by atoms with E-state index in [4.69, 9.17) is 4.74 Å². The van der Waals surface area contributed by atoms with Crippen LogP contribution >= 0.6 is 0 Å². The maximum atomic E-state index is 12.1. The molecule has 5 nitrogen and oxygen atoms in total. The topological polar surface area (TPSA) is 49.9 Å². The van der Waals surface area contributed by atoms with Crippen molar-refractivity contribution in [2.75, 3.05) is 39.1 Å². The maximum absolute atomic E-state index is 12.1. The largest absolute Gasteiger partial charge is 0.381 e. The maximum Gasteiger partial charge on any atom is 0.211 e. The second-order valence-corrected chi connectivity index (χ2v) is 10.0. The SMILES string of the molecule is CC1(C)CC2(CCN(C3CCOCC3)CC2)CN1S(C)(=O)=O. The van der Waals surface area contributed by atoms with Crippen molar-refractivity contribution in [3.63, 3.8) is 0 Å². The third-order valence-electron chi connectivity index (χ3n) is 5.93. The highest BCUT2D eigenvalue weighted by atomic mass is 32.2. The smallest absolute Gasteiger partial charge is 0.211 e. The first-order chi connectivity index (χ1) is 10.2. The third-order valence-corrected chi connectivity index (χ3v) is 7.35. The summed E-state index contributed by atoms with van der Waals surface area (Å²) in [4.78, 5) is 2.61. The van der Waals surface area contributed by atoms with E-state index in [1.54, 1.807) is 4.31 Å². The van der Waals surface area contributed by atoms with Gasteiger partial charge in [0.15, 0.2) is 0 Å². The van der Waals surface area contributed by atoms with Gasteiger partial charge in [-0.05, 0) is 64.5 Å². The predicted molar refractivity (Wildman–Crippen MR) is 87.3 cm³/mol. The van der Waals surface area contributed by atoms with Crippen LogP contribution in [0.3, 0.4) is 0 Å². The number of ether oxygens (including phenoxy) is 1. The van der Waals surface area contributed by atoms with Crippen LogP contribution in [0.25, 0.3) is 0 Å². The van der Waals surface area contributed by atoms with Crippen LogP contribution in [0.5, 0.6) is 0 Å². The number of sulfonamides is 1. The van der Waals surface area contributed by atoms with Crippen molar-refractivity contribution in [3.05, 3.63) is 0 Å². The van der Waals surface area contributed by atoms with Crippen LogP contribution in [-0.2, 0) is 14.8 Å². The van der Waals surface area contributed by atoms with Crippen LogP contribution in [0.2, 0.25) is 0 Å². The van der Waals surface area contributed by atoms with Gasteiger partial charge in [0.05, 0.1) is 6.26 Å². The molecule has 0 unspecified atom stereocenters. The van der Waals surface area contributed by atoms with E-state index in [1.807, 2.05) is 0 Å². The van der Waals surface area contributed by atoms with Crippen molar-refractivity contribution < 1.29 is 13.2 Å². The lowest BCUT2D eigenvalue weighted by molar-refractivity contribution is 0.00764. The molecule has 0 amide bonds. The first-order valence-electron chi connectivity index (χ1n) is 8.52. The van der Waals surface area contributed by atoms with Crippen LogP contribution in [0.1, 0.15) is 46.0 Å². The summed E-state index contributed by atoms with van der Waals surface area (Å²) in [6.45, 7) is 8.86. The Hall–Kier alpha value is -0.170. The Bertz CT molecular complexity index is 503. The van der Waals surface area contributed by atoms with Crippen molar-refractivity contribution in [2.45, 2.75) is 57.5 Å². The van der Waals surface area contributed by atoms with Crippen LogP contribution in [0.4, 0.5) is 0 Å². The van der Waals surface area contributed by atoms with Crippen LogP contribution < -0.4 is 0 Å². The Morgan fingerprint density at radius 3 is 2.18 bits per heavy atom. The van der Waals surface area contributed by atoms with Crippen LogP contribution in [-0.4, -0.2) is 68.3 Å². The minimum atomic E-state index is -3.12. The lowest BCUT2D eigenvalue weighted by Gasteiger charge is -2.43. The molecule has 128 valence electrons.